The van der Waals surface area contributed by atoms with Crippen LogP contribution in [0.3, 0.4) is 0 Å². The van der Waals surface area contributed by atoms with Gasteiger partial charge in [0.2, 0.25) is 5.88 Å². The highest BCUT2D eigenvalue weighted by Gasteiger charge is 2.30. The van der Waals surface area contributed by atoms with Crippen LogP contribution in [0, 0.1) is 0 Å². The minimum atomic E-state index is -0.0176. The van der Waals surface area contributed by atoms with Crippen molar-refractivity contribution in [3.8, 4) is 34.1 Å². The number of fused-ring (bicyclic) bond motifs is 2. The quantitative estimate of drug-likeness (QED) is 0.307. The molecule has 0 spiro atoms. The second kappa shape index (κ2) is 10.2. The predicted molar refractivity (Wildman–Crippen MR) is 145 cm³/mol. The minimum Gasteiger partial charge on any atom is -0.491 e. The Morgan fingerprint density at radius 3 is 2.71 bits per heavy atom. The Labute approximate surface area is 221 Å². The number of nitrogens with zero attached hydrogens (tertiary/aromatic N) is 4. The van der Waals surface area contributed by atoms with Crippen molar-refractivity contribution in [1.29, 1.82) is 0 Å². The van der Waals surface area contributed by atoms with E-state index < -0.39 is 0 Å². The molecule has 1 saturated heterocycles. The van der Waals surface area contributed by atoms with E-state index in [1.165, 1.54) is 6.08 Å². The maximum absolute atomic E-state index is 12.1. The van der Waals surface area contributed by atoms with Crippen LogP contribution in [0.15, 0.2) is 79.0 Å². The Morgan fingerprint density at radius 1 is 1.13 bits per heavy atom. The normalized spacial score (nSPS) is 17.1. The summed E-state index contributed by atoms with van der Waals surface area (Å²) in [6.45, 7) is 5.52. The van der Waals surface area contributed by atoms with E-state index in [0.717, 1.165) is 65.4 Å². The molecule has 4 heterocycles. The van der Waals surface area contributed by atoms with Gasteiger partial charge in [0.15, 0.2) is 5.65 Å². The van der Waals surface area contributed by atoms with Crippen molar-refractivity contribution in [2.75, 3.05) is 26.8 Å². The Hall–Kier alpha value is -4.39. The molecule has 4 aromatic rings. The van der Waals surface area contributed by atoms with Crippen molar-refractivity contribution in [3.63, 3.8) is 0 Å². The van der Waals surface area contributed by atoms with Crippen molar-refractivity contribution >= 4 is 11.6 Å². The first-order valence-corrected chi connectivity index (χ1v) is 12.8. The number of carbonyl (C=O) groups excluding carboxylic acids is 1. The molecule has 8 nitrogen and oxygen atoms in total. The molecule has 2 aromatic carbocycles. The van der Waals surface area contributed by atoms with Crippen LogP contribution in [0.2, 0.25) is 0 Å². The molecule has 1 fully saturated rings. The molecule has 2 aliphatic heterocycles. The van der Waals surface area contributed by atoms with E-state index >= 15 is 0 Å². The number of imidazole rings is 1. The van der Waals surface area contributed by atoms with E-state index in [9.17, 15) is 4.79 Å². The lowest BCUT2D eigenvalue weighted by Crippen LogP contribution is -2.45. The van der Waals surface area contributed by atoms with Gasteiger partial charge < -0.3 is 19.7 Å². The minimum absolute atomic E-state index is 0.0176. The third-order valence-electron chi connectivity index (χ3n) is 7.25. The molecule has 192 valence electrons. The number of hydrogen-bond donors (Lipinski definition) is 1. The molecule has 6 rings (SSSR count). The van der Waals surface area contributed by atoms with Crippen LogP contribution in [-0.2, 0) is 4.79 Å². The van der Waals surface area contributed by atoms with Crippen LogP contribution in [0.5, 0.6) is 11.6 Å². The molecular weight excluding hydrogens is 478 g/mol. The zero-order valence-corrected chi connectivity index (χ0v) is 21.3. The van der Waals surface area contributed by atoms with E-state index in [-0.39, 0.29) is 11.9 Å². The predicted octanol–water partition coefficient (Wildman–Crippen LogP) is 4.43. The molecule has 0 unspecified atom stereocenters. The van der Waals surface area contributed by atoms with Gasteiger partial charge in [-0.15, -0.1) is 10.8 Å². The molecule has 0 aliphatic carbocycles. The Bertz CT molecular complexity index is 1530. The maximum atomic E-state index is 12.1. The fourth-order valence-corrected chi connectivity index (χ4v) is 5.31. The molecule has 0 bridgehead atoms. The van der Waals surface area contributed by atoms with Gasteiger partial charge in [-0.25, -0.2) is 9.50 Å². The van der Waals surface area contributed by atoms with E-state index in [1.54, 1.807) is 7.11 Å². The van der Waals surface area contributed by atoms with E-state index in [4.69, 9.17) is 14.5 Å². The third-order valence-corrected chi connectivity index (χ3v) is 7.25. The number of amides is 1. The zero-order valence-electron chi connectivity index (χ0n) is 21.3. The number of carbonyl (C=O) groups is 1. The fourth-order valence-electron chi connectivity index (χ4n) is 5.31. The second-order valence-corrected chi connectivity index (χ2v) is 9.55. The number of ether oxygens (including phenoxy) is 2. The number of hydrogen-bond acceptors (Lipinski definition) is 6. The summed E-state index contributed by atoms with van der Waals surface area (Å²) in [5, 5.41) is 8.40. The number of benzene rings is 2. The lowest BCUT2D eigenvalue weighted by molar-refractivity contribution is -0.127. The van der Waals surface area contributed by atoms with Crippen LogP contribution < -0.4 is 14.8 Å². The first kappa shape index (κ1) is 24.0. The Morgan fingerprint density at radius 2 is 1.95 bits per heavy atom. The number of methoxy groups -OCH3 is 1. The molecule has 8 heteroatoms. The topological polar surface area (TPSA) is 81.0 Å². The van der Waals surface area contributed by atoms with Gasteiger partial charge in [-0.1, -0.05) is 49.0 Å². The van der Waals surface area contributed by atoms with Crippen LogP contribution in [0.4, 0.5) is 0 Å². The number of likely N-dealkylation sites (tertiary alicyclic amines) is 1. The zero-order chi connectivity index (χ0) is 26.1. The summed E-state index contributed by atoms with van der Waals surface area (Å²) in [5.41, 5.74) is 8.19. The van der Waals surface area contributed by atoms with Crippen molar-refractivity contribution in [1.82, 2.24) is 24.8 Å². The highest BCUT2D eigenvalue weighted by molar-refractivity contribution is 5.87. The van der Waals surface area contributed by atoms with Gasteiger partial charge >= 0.3 is 0 Å². The first-order valence-electron chi connectivity index (χ1n) is 12.8. The SMILES string of the molecule is C=C=CC(=O)N1CCC(N[C@H]2COc3cc(-c4nc5ccc(OC)nn5c4-c4ccccc4)ccc32)CC1. The standard InChI is InChI=1S/C30H29N5O3/c1-3-7-28(36)34-16-14-22(15-17-34)31-24-19-38-25-18-21(10-11-23(24)25)29-30(20-8-5-4-6-9-20)35-26(32-29)12-13-27(33-35)37-2/h4-13,18,22,24,31H,1,14-17,19H2,2H3/t24-/m0/s1. The van der Waals surface area contributed by atoms with Crippen molar-refractivity contribution < 1.29 is 14.3 Å². The molecule has 2 aromatic heterocycles. The molecule has 1 amide bonds. The highest BCUT2D eigenvalue weighted by Crippen LogP contribution is 2.39. The van der Waals surface area contributed by atoms with Crippen LogP contribution >= 0.6 is 0 Å². The number of piperidine rings is 1. The summed E-state index contributed by atoms with van der Waals surface area (Å²) < 4.78 is 13.4. The average molecular weight is 508 g/mol. The molecular formula is C30H29N5O3. The highest BCUT2D eigenvalue weighted by atomic mass is 16.5. The van der Waals surface area contributed by atoms with Gasteiger partial charge in [0.25, 0.3) is 5.91 Å². The molecule has 2 aliphatic rings. The molecule has 1 N–H and O–H groups in total. The third kappa shape index (κ3) is 4.45. The molecule has 0 radical (unpaired) electrons. The van der Waals surface area contributed by atoms with Crippen molar-refractivity contribution in [2.24, 2.45) is 0 Å². The van der Waals surface area contributed by atoms with Crippen LogP contribution in [0.1, 0.15) is 24.4 Å². The molecule has 1 atom stereocenters. The maximum Gasteiger partial charge on any atom is 0.254 e. The van der Waals surface area contributed by atoms with E-state index in [1.807, 2.05) is 39.7 Å². The van der Waals surface area contributed by atoms with Crippen LogP contribution in [-0.4, -0.2) is 58.3 Å². The summed E-state index contributed by atoms with van der Waals surface area (Å²) in [6, 6.07) is 20.6. The average Bonchev–Trinajstić information content (AvgIpc) is 3.54. The van der Waals surface area contributed by atoms with Gasteiger partial charge in [-0.05, 0) is 25.0 Å². The smallest absolute Gasteiger partial charge is 0.254 e. The Kier molecular flexibility index (Phi) is 6.42. The number of rotatable bonds is 6. The van der Waals surface area contributed by atoms with Crippen LogP contribution in [0.25, 0.3) is 28.2 Å². The summed E-state index contributed by atoms with van der Waals surface area (Å²) in [5.74, 6) is 1.37. The summed E-state index contributed by atoms with van der Waals surface area (Å²) in [6.07, 6.45) is 3.21. The molecule has 0 saturated carbocycles. The summed E-state index contributed by atoms with van der Waals surface area (Å²) >= 11 is 0. The second-order valence-electron chi connectivity index (χ2n) is 9.55. The van der Waals surface area contributed by atoms with Gasteiger partial charge in [0.1, 0.15) is 18.1 Å². The van der Waals surface area contributed by atoms with E-state index in [2.05, 4.69) is 53.1 Å². The van der Waals surface area contributed by atoms with Gasteiger partial charge in [0.05, 0.1) is 18.8 Å². The number of aromatic nitrogens is 3. The lowest BCUT2D eigenvalue weighted by Gasteiger charge is -2.33. The first-order chi connectivity index (χ1) is 18.6. The molecule has 38 heavy (non-hydrogen) atoms. The largest absolute Gasteiger partial charge is 0.491 e. The van der Waals surface area contributed by atoms with Gasteiger partial charge in [-0.2, -0.15) is 0 Å². The Balaban J connectivity index is 1.26. The summed E-state index contributed by atoms with van der Waals surface area (Å²) in [7, 11) is 1.61. The number of nitrogens with one attached hydrogen (secondary N) is 1. The van der Waals surface area contributed by atoms with E-state index in [0.29, 0.717) is 18.5 Å². The van der Waals surface area contributed by atoms with Crippen molar-refractivity contribution in [2.45, 2.75) is 24.9 Å². The van der Waals surface area contributed by atoms with Crippen molar-refractivity contribution in [3.05, 3.63) is 84.6 Å². The fraction of sp³-hybridized carbons (Fsp3) is 0.267. The lowest BCUT2D eigenvalue weighted by atomic mass is 9.99. The van der Waals surface area contributed by atoms with Gasteiger partial charge in [-0.3, -0.25) is 4.79 Å². The van der Waals surface area contributed by atoms with Gasteiger partial charge in [0, 0.05) is 48.0 Å². The summed E-state index contributed by atoms with van der Waals surface area (Å²) in [4.78, 5) is 18.9. The monoisotopic (exact) mass is 507 g/mol.